The molecule has 29 heavy (non-hydrogen) atoms. The topological polar surface area (TPSA) is 136 Å². The molecule has 9 heteroatoms. The number of carbonyl (C=O) groups excluding carboxylic acids is 1. The Hall–Kier alpha value is -3.72. The summed E-state index contributed by atoms with van der Waals surface area (Å²) in [6, 6.07) is 8.67. The fraction of sp³-hybridized carbons (Fsp3) is 0.200. The van der Waals surface area contributed by atoms with Crippen molar-refractivity contribution in [3.05, 3.63) is 54.0 Å². The zero-order chi connectivity index (χ0) is 20.8. The lowest BCUT2D eigenvalue weighted by Gasteiger charge is -2.14. The van der Waals surface area contributed by atoms with Gasteiger partial charge in [-0.2, -0.15) is 0 Å². The van der Waals surface area contributed by atoms with Crippen molar-refractivity contribution in [1.29, 1.82) is 0 Å². The molecular formula is C20H21N5O4. The number of carbonyl (C=O) groups is 2. The molecule has 0 aliphatic heterocycles. The first kappa shape index (κ1) is 20.0. The van der Waals surface area contributed by atoms with Gasteiger partial charge in [-0.25, -0.2) is 14.6 Å². The van der Waals surface area contributed by atoms with Gasteiger partial charge in [0.15, 0.2) is 0 Å². The first-order valence-electron chi connectivity index (χ1n) is 9.01. The van der Waals surface area contributed by atoms with E-state index >= 15 is 0 Å². The molecule has 150 valence electrons. The van der Waals surface area contributed by atoms with Crippen LogP contribution in [0.2, 0.25) is 0 Å². The van der Waals surface area contributed by atoms with Crippen LogP contribution in [0, 0.1) is 0 Å². The van der Waals surface area contributed by atoms with Crippen molar-refractivity contribution < 1.29 is 19.8 Å². The minimum absolute atomic E-state index is 0.120. The van der Waals surface area contributed by atoms with Crippen molar-refractivity contribution in [2.24, 2.45) is 0 Å². The number of pyridine rings is 2. The van der Waals surface area contributed by atoms with E-state index < -0.39 is 6.09 Å². The number of anilines is 1. The molecule has 0 spiro atoms. The van der Waals surface area contributed by atoms with Crippen LogP contribution >= 0.6 is 0 Å². The van der Waals surface area contributed by atoms with Gasteiger partial charge >= 0.3 is 12.1 Å². The maximum Gasteiger partial charge on any atom is 0.404 e. The lowest BCUT2D eigenvalue weighted by Crippen LogP contribution is -2.28. The molecular weight excluding hydrogens is 374 g/mol. The smallest absolute Gasteiger partial charge is 0.404 e. The summed E-state index contributed by atoms with van der Waals surface area (Å²) >= 11 is 0. The summed E-state index contributed by atoms with van der Waals surface area (Å²) < 4.78 is 0. The summed E-state index contributed by atoms with van der Waals surface area (Å²) in [6.45, 7) is 2.24. The van der Waals surface area contributed by atoms with Gasteiger partial charge < -0.3 is 20.8 Å². The molecule has 0 saturated heterocycles. The highest BCUT2D eigenvalue weighted by molar-refractivity contribution is 6.01. The van der Waals surface area contributed by atoms with Gasteiger partial charge in [0.2, 0.25) is 0 Å². The number of hydrogen-bond donors (Lipinski definition) is 5. The summed E-state index contributed by atoms with van der Waals surface area (Å²) in [5, 5.41) is 27.5. The Morgan fingerprint density at radius 2 is 1.90 bits per heavy atom. The predicted octanol–water partition coefficient (Wildman–Crippen LogP) is 2.70. The zero-order valence-electron chi connectivity index (χ0n) is 15.8. The largest absolute Gasteiger partial charge is 0.465 e. The SMILES string of the molecule is CCNC(=O)Nc1cc2c(-c3ccnc(CO)c3)ccc(CNC(=O)O)c2cn1. The van der Waals surface area contributed by atoms with Crippen molar-refractivity contribution in [3.8, 4) is 11.1 Å². The first-order chi connectivity index (χ1) is 14.0. The molecule has 0 aliphatic carbocycles. The summed E-state index contributed by atoms with van der Waals surface area (Å²) in [5.74, 6) is 0.365. The van der Waals surface area contributed by atoms with E-state index in [0.717, 1.165) is 27.5 Å². The molecule has 0 fully saturated rings. The van der Waals surface area contributed by atoms with Crippen molar-refractivity contribution in [2.45, 2.75) is 20.1 Å². The molecule has 3 rings (SSSR count). The van der Waals surface area contributed by atoms with E-state index in [4.69, 9.17) is 5.11 Å². The quantitative estimate of drug-likeness (QED) is 0.435. The zero-order valence-corrected chi connectivity index (χ0v) is 15.8. The number of carboxylic acid groups (broad SMARTS) is 1. The summed E-state index contributed by atoms with van der Waals surface area (Å²) in [6.07, 6.45) is 2.10. The van der Waals surface area contributed by atoms with Crippen LogP contribution in [0.15, 0.2) is 42.7 Å². The average Bonchev–Trinajstić information content (AvgIpc) is 2.72. The molecule has 2 heterocycles. The fourth-order valence-electron chi connectivity index (χ4n) is 3.00. The Bertz CT molecular complexity index is 1050. The number of amides is 3. The van der Waals surface area contributed by atoms with Crippen LogP contribution in [0.3, 0.4) is 0 Å². The van der Waals surface area contributed by atoms with Crippen LogP contribution in [-0.2, 0) is 13.2 Å². The van der Waals surface area contributed by atoms with Gasteiger partial charge in [0.1, 0.15) is 5.82 Å². The van der Waals surface area contributed by atoms with Gasteiger partial charge in [-0.15, -0.1) is 0 Å². The molecule has 0 aliphatic rings. The molecule has 0 radical (unpaired) electrons. The van der Waals surface area contributed by atoms with Crippen LogP contribution in [0.1, 0.15) is 18.2 Å². The molecule has 0 unspecified atom stereocenters. The minimum atomic E-state index is -1.12. The van der Waals surface area contributed by atoms with Crippen molar-refractivity contribution in [2.75, 3.05) is 11.9 Å². The first-order valence-corrected chi connectivity index (χ1v) is 9.01. The molecule has 0 bridgehead atoms. The number of aliphatic hydroxyl groups is 1. The number of hydrogen-bond acceptors (Lipinski definition) is 5. The summed E-state index contributed by atoms with van der Waals surface area (Å²) in [5.41, 5.74) is 2.96. The maximum atomic E-state index is 11.9. The van der Waals surface area contributed by atoms with E-state index in [9.17, 15) is 14.7 Å². The monoisotopic (exact) mass is 395 g/mol. The van der Waals surface area contributed by atoms with Crippen LogP contribution in [0.25, 0.3) is 21.9 Å². The predicted molar refractivity (Wildman–Crippen MR) is 108 cm³/mol. The third-order valence-electron chi connectivity index (χ3n) is 4.29. The Morgan fingerprint density at radius 3 is 2.62 bits per heavy atom. The summed E-state index contributed by atoms with van der Waals surface area (Å²) in [4.78, 5) is 31.1. The second-order valence-corrected chi connectivity index (χ2v) is 6.22. The van der Waals surface area contributed by atoms with E-state index in [1.807, 2.05) is 25.1 Å². The number of nitrogens with zero attached hydrogens (tertiary/aromatic N) is 2. The highest BCUT2D eigenvalue weighted by Crippen LogP contribution is 2.32. The lowest BCUT2D eigenvalue weighted by molar-refractivity contribution is 0.194. The number of urea groups is 1. The van der Waals surface area contributed by atoms with Crippen LogP contribution in [-0.4, -0.2) is 38.9 Å². The normalized spacial score (nSPS) is 10.6. The van der Waals surface area contributed by atoms with E-state index in [1.54, 1.807) is 24.5 Å². The van der Waals surface area contributed by atoms with Crippen molar-refractivity contribution in [3.63, 3.8) is 0 Å². The number of rotatable bonds is 6. The molecule has 1 aromatic carbocycles. The second kappa shape index (κ2) is 8.98. The second-order valence-electron chi connectivity index (χ2n) is 6.22. The molecule has 0 saturated carbocycles. The van der Waals surface area contributed by atoms with Gasteiger partial charge in [0.25, 0.3) is 0 Å². The lowest BCUT2D eigenvalue weighted by atomic mass is 9.96. The highest BCUT2D eigenvalue weighted by Gasteiger charge is 2.12. The molecule has 3 amide bonds. The number of aliphatic hydroxyl groups excluding tert-OH is 1. The number of nitrogens with one attached hydrogen (secondary N) is 3. The molecule has 5 N–H and O–H groups in total. The Morgan fingerprint density at radius 1 is 1.07 bits per heavy atom. The van der Waals surface area contributed by atoms with E-state index in [-0.39, 0.29) is 19.2 Å². The number of aromatic nitrogens is 2. The maximum absolute atomic E-state index is 11.9. The van der Waals surface area contributed by atoms with Gasteiger partial charge in [0, 0.05) is 30.9 Å². The van der Waals surface area contributed by atoms with E-state index in [0.29, 0.717) is 18.1 Å². The fourth-order valence-corrected chi connectivity index (χ4v) is 3.00. The van der Waals surface area contributed by atoms with Gasteiger partial charge in [-0.3, -0.25) is 10.3 Å². The number of fused-ring (bicyclic) bond motifs is 1. The van der Waals surface area contributed by atoms with Crippen LogP contribution in [0.4, 0.5) is 15.4 Å². The van der Waals surface area contributed by atoms with Gasteiger partial charge in [-0.05, 0) is 47.2 Å². The molecule has 3 aromatic rings. The Labute approximate surface area is 166 Å². The Balaban J connectivity index is 2.12. The van der Waals surface area contributed by atoms with E-state index in [2.05, 4.69) is 25.9 Å². The number of benzene rings is 1. The van der Waals surface area contributed by atoms with Crippen LogP contribution < -0.4 is 16.0 Å². The molecule has 9 nitrogen and oxygen atoms in total. The minimum Gasteiger partial charge on any atom is -0.465 e. The molecule has 0 atom stereocenters. The van der Waals surface area contributed by atoms with E-state index in [1.165, 1.54) is 0 Å². The summed E-state index contributed by atoms with van der Waals surface area (Å²) in [7, 11) is 0. The van der Waals surface area contributed by atoms with Crippen molar-refractivity contribution >= 4 is 28.7 Å². The molecule has 2 aromatic heterocycles. The third kappa shape index (κ3) is 4.77. The van der Waals surface area contributed by atoms with Gasteiger partial charge in [0.05, 0.1) is 12.3 Å². The average molecular weight is 395 g/mol. The highest BCUT2D eigenvalue weighted by atomic mass is 16.4. The van der Waals surface area contributed by atoms with Crippen molar-refractivity contribution in [1.82, 2.24) is 20.6 Å². The van der Waals surface area contributed by atoms with Crippen LogP contribution in [0.5, 0.6) is 0 Å². The standard InChI is InChI=1S/C20H21N5O4/c1-2-21-19(27)25-18-8-16-15(12-5-6-22-14(7-12)11-26)4-3-13(9-24-20(28)29)17(16)10-23-18/h3-8,10,24,26H,2,9,11H2,1H3,(H,28,29)(H2,21,23,25,27). The van der Waals surface area contributed by atoms with Gasteiger partial charge in [-0.1, -0.05) is 12.1 Å². The Kier molecular flexibility index (Phi) is 6.20. The third-order valence-corrected chi connectivity index (χ3v) is 4.29.